The highest BCUT2D eigenvalue weighted by molar-refractivity contribution is 5.88. The van der Waals surface area contributed by atoms with Gasteiger partial charge in [-0.3, -0.25) is 0 Å². The molecule has 0 aliphatic carbocycles. The van der Waals surface area contributed by atoms with Gasteiger partial charge in [-0.05, 0) is 31.0 Å². The molecule has 2 aromatic rings. The highest BCUT2D eigenvalue weighted by Gasteiger charge is 2.13. The van der Waals surface area contributed by atoms with E-state index in [4.69, 9.17) is 4.74 Å². The summed E-state index contributed by atoms with van der Waals surface area (Å²) < 4.78 is 6.99. The van der Waals surface area contributed by atoms with Crippen molar-refractivity contribution in [1.82, 2.24) is 4.57 Å². The molecular formula is C15H17NO2. The van der Waals surface area contributed by atoms with E-state index < -0.39 is 0 Å². The van der Waals surface area contributed by atoms with E-state index in [-0.39, 0.29) is 5.97 Å². The highest BCUT2D eigenvalue weighted by atomic mass is 16.5. The van der Waals surface area contributed by atoms with Gasteiger partial charge in [-0.25, -0.2) is 4.79 Å². The van der Waals surface area contributed by atoms with Gasteiger partial charge in [0.2, 0.25) is 0 Å². The zero-order chi connectivity index (χ0) is 13.0. The number of hydrogen-bond acceptors (Lipinski definition) is 2. The van der Waals surface area contributed by atoms with Gasteiger partial charge in [0.25, 0.3) is 0 Å². The van der Waals surface area contributed by atoms with Crippen molar-refractivity contribution in [3.05, 3.63) is 59.4 Å². The Kier molecular flexibility index (Phi) is 3.82. The summed E-state index contributed by atoms with van der Waals surface area (Å²) in [4.78, 5) is 11.8. The van der Waals surface area contributed by atoms with E-state index in [1.54, 1.807) is 0 Å². The van der Waals surface area contributed by atoms with E-state index >= 15 is 0 Å². The van der Waals surface area contributed by atoms with Crippen molar-refractivity contribution >= 4 is 5.97 Å². The molecule has 0 unspecified atom stereocenters. The zero-order valence-electron chi connectivity index (χ0n) is 10.7. The minimum Gasteiger partial charge on any atom is -0.461 e. The Balaban J connectivity index is 2.25. The molecule has 0 spiro atoms. The van der Waals surface area contributed by atoms with Crippen LogP contribution < -0.4 is 0 Å². The third-order valence-corrected chi connectivity index (χ3v) is 2.71. The summed E-state index contributed by atoms with van der Waals surface area (Å²) in [7, 11) is 0. The van der Waals surface area contributed by atoms with Gasteiger partial charge in [-0.1, -0.05) is 30.3 Å². The van der Waals surface area contributed by atoms with Crippen LogP contribution in [0.1, 0.15) is 28.5 Å². The molecule has 18 heavy (non-hydrogen) atoms. The summed E-state index contributed by atoms with van der Waals surface area (Å²) >= 11 is 0. The van der Waals surface area contributed by atoms with Crippen LogP contribution >= 0.6 is 0 Å². The van der Waals surface area contributed by atoms with E-state index in [1.807, 2.05) is 61.0 Å². The van der Waals surface area contributed by atoms with E-state index in [0.717, 1.165) is 5.56 Å². The maximum atomic E-state index is 11.8. The highest BCUT2D eigenvalue weighted by Crippen LogP contribution is 2.12. The fraction of sp³-hybridized carbons (Fsp3) is 0.267. The number of ether oxygens (including phenoxy) is 1. The van der Waals surface area contributed by atoms with E-state index in [1.165, 1.54) is 5.56 Å². The molecule has 2 rings (SSSR count). The first-order chi connectivity index (χ1) is 8.70. The predicted molar refractivity (Wildman–Crippen MR) is 70.7 cm³/mol. The molecule has 3 heteroatoms. The maximum absolute atomic E-state index is 11.8. The van der Waals surface area contributed by atoms with Crippen LogP contribution in [-0.2, 0) is 11.3 Å². The number of esters is 1. The smallest absolute Gasteiger partial charge is 0.354 e. The van der Waals surface area contributed by atoms with E-state index in [2.05, 4.69) is 0 Å². The fourth-order valence-electron chi connectivity index (χ4n) is 1.94. The third-order valence-electron chi connectivity index (χ3n) is 2.71. The summed E-state index contributed by atoms with van der Waals surface area (Å²) in [6, 6.07) is 11.9. The van der Waals surface area contributed by atoms with Gasteiger partial charge in [0, 0.05) is 12.7 Å². The van der Waals surface area contributed by atoms with Gasteiger partial charge >= 0.3 is 5.97 Å². The molecule has 1 aromatic carbocycles. The first-order valence-electron chi connectivity index (χ1n) is 6.08. The topological polar surface area (TPSA) is 31.2 Å². The summed E-state index contributed by atoms with van der Waals surface area (Å²) in [5.41, 5.74) is 2.84. The number of aryl methyl sites for hydroxylation is 1. The Bertz CT molecular complexity index is 529. The fourth-order valence-corrected chi connectivity index (χ4v) is 1.94. The van der Waals surface area contributed by atoms with Crippen molar-refractivity contribution in [1.29, 1.82) is 0 Å². The summed E-state index contributed by atoms with van der Waals surface area (Å²) in [5, 5.41) is 0. The van der Waals surface area contributed by atoms with Crippen LogP contribution in [-0.4, -0.2) is 17.1 Å². The zero-order valence-corrected chi connectivity index (χ0v) is 10.7. The minimum absolute atomic E-state index is 0.262. The van der Waals surface area contributed by atoms with Crippen LogP contribution in [0.5, 0.6) is 0 Å². The molecule has 1 aromatic heterocycles. The Morgan fingerprint density at radius 3 is 2.67 bits per heavy atom. The van der Waals surface area contributed by atoms with Crippen LogP contribution in [0.4, 0.5) is 0 Å². The van der Waals surface area contributed by atoms with Gasteiger partial charge in [0.15, 0.2) is 0 Å². The molecule has 0 atom stereocenters. The number of benzene rings is 1. The van der Waals surface area contributed by atoms with Crippen LogP contribution in [0.15, 0.2) is 42.6 Å². The second kappa shape index (κ2) is 5.54. The van der Waals surface area contributed by atoms with Gasteiger partial charge in [0.05, 0.1) is 6.61 Å². The number of carbonyl (C=O) groups is 1. The normalized spacial score (nSPS) is 10.3. The molecule has 0 bridgehead atoms. The van der Waals surface area contributed by atoms with Crippen LogP contribution in [0.3, 0.4) is 0 Å². The third kappa shape index (κ3) is 2.80. The Morgan fingerprint density at radius 2 is 2.00 bits per heavy atom. The first kappa shape index (κ1) is 12.4. The van der Waals surface area contributed by atoms with E-state index in [0.29, 0.717) is 18.8 Å². The Morgan fingerprint density at radius 1 is 1.28 bits per heavy atom. The average Bonchev–Trinajstić information content (AvgIpc) is 2.72. The lowest BCUT2D eigenvalue weighted by Gasteiger charge is -2.08. The van der Waals surface area contributed by atoms with Crippen LogP contribution in [0.25, 0.3) is 0 Å². The molecule has 0 saturated heterocycles. The lowest BCUT2D eigenvalue weighted by atomic mass is 10.2. The van der Waals surface area contributed by atoms with Crippen molar-refractivity contribution in [3.8, 4) is 0 Å². The molecule has 0 amide bonds. The Labute approximate surface area is 107 Å². The summed E-state index contributed by atoms with van der Waals surface area (Å²) in [5.74, 6) is -0.262. The van der Waals surface area contributed by atoms with Gasteiger partial charge in [-0.2, -0.15) is 0 Å². The molecule has 0 fully saturated rings. The molecule has 0 aliphatic heterocycles. The SMILES string of the molecule is CCOC(=O)c1cc(C)cn1Cc1ccccc1. The monoisotopic (exact) mass is 243 g/mol. The quantitative estimate of drug-likeness (QED) is 0.773. The molecule has 94 valence electrons. The molecule has 3 nitrogen and oxygen atoms in total. The average molecular weight is 243 g/mol. The van der Waals surface area contributed by atoms with Crippen molar-refractivity contribution < 1.29 is 9.53 Å². The van der Waals surface area contributed by atoms with Gasteiger partial charge in [-0.15, -0.1) is 0 Å². The number of aromatic nitrogens is 1. The van der Waals surface area contributed by atoms with Crippen molar-refractivity contribution in [2.75, 3.05) is 6.61 Å². The summed E-state index contributed by atoms with van der Waals surface area (Å²) in [6.07, 6.45) is 1.97. The van der Waals surface area contributed by atoms with Crippen molar-refractivity contribution in [3.63, 3.8) is 0 Å². The standard InChI is InChI=1S/C15H17NO2/c1-3-18-15(17)14-9-12(2)10-16(14)11-13-7-5-4-6-8-13/h4-10H,3,11H2,1-2H3. The largest absolute Gasteiger partial charge is 0.461 e. The lowest BCUT2D eigenvalue weighted by Crippen LogP contribution is -2.12. The predicted octanol–water partition coefficient (Wildman–Crippen LogP) is 3.02. The molecule has 0 aliphatic rings. The minimum atomic E-state index is -0.262. The number of hydrogen-bond donors (Lipinski definition) is 0. The molecule has 0 radical (unpaired) electrons. The van der Waals surface area contributed by atoms with Crippen LogP contribution in [0, 0.1) is 6.92 Å². The first-order valence-corrected chi connectivity index (χ1v) is 6.08. The van der Waals surface area contributed by atoms with E-state index in [9.17, 15) is 4.79 Å². The van der Waals surface area contributed by atoms with Crippen molar-refractivity contribution in [2.45, 2.75) is 20.4 Å². The number of carbonyl (C=O) groups excluding carboxylic acids is 1. The lowest BCUT2D eigenvalue weighted by molar-refractivity contribution is 0.0514. The van der Waals surface area contributed by atoms with Crippen molar-refractivity contribution in [2.24, 2.45) is 0 Å². The maximum Gasteiger partial charge on any atom is 0.354 e. The van der Waals surface area contributed by atoms with Crippen LogP contribution in [0.2, 0.25) is 0 Å². The Hall–Kier alpha value is -2.03. The molecule has 0 saturated carbocycles. The summed E-state index contributed by atoms with van der Waals surface area (Å²) in [6.45, 7) is 4.87. The number of rotatable bonds is 4. The van der Waals surface area contributed by atoms with Gasteiger partial charge in [0.1, 0.15) is 5.69 Å². The molecule has 0 N–H and O–H groups in total. The second-order valence-electron chi connectivity index (χ2n) is 4.24. The molecule has 1 heterocycles. The van der Waals surface area contributed by atoms with Gasteiger partial charge < -0.3 is 9.30 Å². The number of nitrogens with zero attached hydrogens (tertiary/aromatic N) is 1. The molecular weight excluding hydrogens is 226 g/mol. The second-order valence-corrected chi connectivity index (χ2v) is 4.24.